The van der Waals surface area contributed by atoms with Crippen LogP contribution in [-0.2, 0) is 19.3 Å². The van der Waals surface area contributed by atoms with E-state index in [0.29, 0.717) is 58.0 Å². The monoisotopic (exact) mass is 606 g/mol. The highest BCUT2D eigenvalue weighted by molar-refractivity contribution is 6.01. The molecule has 0 aromatic heterocycles. The van der Waals surface area contributed by atoms with Crippen LogP contribution in [0, 0.1) is 0 Å². The Morgan fingerprint density at radius 3 is 2.31 bits per heavy atom. The molecular weight excluding hydrogens is 572 g/mol. The van der Waals surface area contributed by atoms with Crippen LogP contribution in [0.4, 0.5) is 0 Å². The zero-order valence-corrected chi connectivity index (χ0v) is 25.7. The highest BCUT2D eigenvalue weighted by atomic mass is 16.7. The number of hydrogen-bond acceptors (Lipinski definition) is 8. The SMILES string of the molecule is COc1ccc2cc1Oc1ccc(cc1)CC1c3c(cc4c(c3Oc3cc5c(cc3OC)CCN(C)C5C2)OCO4)C(=O)N1C. The Balaban J connectivity index is 1.34. The Bertz CT molecular complexity index is 1840. The summed E-state index contributed by atoms with van der Waals surface area (Å²) in [5.74, 6) is 4.63. The van der Waals surface area contributed by atoms with Crippen LogP contribution in [0.15, 0.2) is 60.7 Å². The number of rotatable bonds is 2. The zero-order valence-electron chi connectivity index (χ0n) is 25.7. The number of hydrogen-bond donors (Lipinski definition) is 0. The van der Waals surface area contributed by atoms with Crippen LogP contribution in [0.25, 0.3) is 0 Å². The summed E-state index contributed by atoms with van der Waals surface area (Å²) >= 11 is 0. The minimum atomic E-state index is -0.290. The van der Waals surface area contributed by atoms with Crippen molar-refractivity contribution in [1.82, 2.24) is 9.80 Å². The average Bonchev–Trinajstić information content (AvgIpc) is 3.62. The van der Waals surface area contributed by atoms with Gasteiger partial charge in [-0.3, -0.25) is 9.69 Å². The van der Waals surface area contributed by atoms with Crippen LogP contribution in [-0.4, -0.2) is 57.4 Å². The van der Waals surface area contributed by atoms with Gasteiger partial charge in [-0.05, 0) is 91.0 Å². The third-order valence-electron chi connectivity index (χ3n) is 9.51. The second kappa shape index (κ2) is 10.6. The van der Waals surface area contributed by atoms with Crippen LogP contribution < -0.4 is 28.4 Å². The van der Waals surface area contributed by atoms with Crippen molar-refractivity contribution in [3.8, 4) is 46.0 Å². The predicted octanol–water partition coefficient (Wildman–Crippen LogP) is 6.47. The summed E-state index contributed by atoms with van der Waals surface area (Å²) < 4.78 is 36.6. The van der Waals surface area contributed by atoms with E-state index >= 15 is 0 Å². The summed E-state index contributed by atoms with van der Waals surface area (Å²) in [6.07, 6.45) is 2.21. The second-order valence-electron chi connectivity index (χ2n) is 12.0. The number of methoxy groups -OCH3 is 2. The fourth-order valence-corrected chi connectivity index (χ4v) is 7.04. The van der Waals surface area contributed by atoms with Gasteiger partial charge in [0.1, 0.15) is 5.75 Å². The lowest BCUT2D eigenvalue weighted by molar-refractivity contribution is 0.0773. The van der Waals surface area contributed by atoms with E-state index in [1.807, 2.05) is 37.4 Å². The molecule has 0 saturated heterocycles. The molecular formula is C36H34N2O7. The fourth-order valence-electron chi connectivity index (χ4n) is 7.04. The van der Waals surface area contributed by atoms with E-state index in [-0.39, 0.29) is 24.8 Å². The Labute approximate surface area is 261 Å². The molecule has 0 radical (unpaired) electrons. The van der Waals surface area contributed by atoms with Crippen LogP contribution in [0.3, 0.4) is 0 Å². The number of amides is 1. The van der Waals surface area contributed by atoms with E-state index in [0.717, 1.165) is 36.1 Å². The zero-order chi connectivity index (χ0) is 30.8. The lowest BCUT2D eigenvalue weighted by atomic mass is 9.88. The maximum Gasteiger partial charge on any atom is 0.254 e. The van der Waals surface area contributed by atoms with Gasteiger partial charge in [-0.2, -0.15) is 0 Å². The number of carbonyl (C=O) groups excluding carboxylic acids is 1. The Hall–Kier alpha value is -4.89. The molecule has 2 unspecified atom stereocenters. The van der Waals surface area contributed by atoms with Gasteiger partial charge in [-0.15, -0.1) is 0 Å². The van der Waals surface area contributed by atoms with Crippen molar-refractivity contribution in [2.45, 2.75) is 31.3 Å². The van der Waals surface area contributed by atoms with Crippen molar-refractivity contribution in [1.29, 1.82) is 0 Å². The van der Waals surface area contributed by atoms with Crippen molar-refractivity contribution < 1.29 is 33.2 Å². The molecule has 4 aromatic rings. The molecule has 0 fully saturated rings. The molecule has 1 amide bonds. The largest absolute Gasteiger partial charge is 0.493 e. The number of nitrogens with zero attached hydrogens (tertiary/aromatic N) is 2. The molecule has 6 bridgehead atoms. The van der Waals surface area contributed by atoms with Gasteiger partial charge in [-0.25, -0.2) is 0 Å². The molecule has 9 rings (SSSR count). The minimum Gasteiger partial charge on any atom is -0.493 e. The lowest BCUT2D eigenvalue weighted by Gasteiger charge is -2.35. The summed E-state index contributed by atoms with van der Waals surface area (Å²) in [4.78, 5) is 17.8. The van der Waals surface area contributed by atoms with Crippen LogP contribution in [0.2, 0.25) is 0 Å². The van der Waals surface area contributed by atoms with Gasteiger partial charge in [0.25, 0.3) is 5.91 Å². The van der Waals surface area contributed by atoms with Crippen molar-refractivity contribution in [3.05, 3.63) is 94.0 Å². The molecule has 0 spiro atoms. The number of benzene rings is 4. The van der Waals surface area contributed by atoms with E-state index in [1.54, 1.807) is 25.2 Å². The molecule has 5 aliphatic rings. The van der Waals surface area contributed by atoms with Gasteiger partial charge in [0.15, 0.2) is 34.5 Å². The quantitative estimate of drug-likeness (QED) is 0.257. The van der Waals surface area contributed by atoms with Gasteiger partial charge >= 0.3 is 0 Å². The van der Waals surface area contributed by atoms with Gasteiger partial charge in [0.2, 0.25) is 12.5 Å². The minimum absolute atomic E-state index is 0.0583. The van der Waals surface area contributed by atoms with Crippen LogP contribution in [0.1, 0.15) is 50.3 Å². The lowest BCUT2D eigenvalue weighted by Crippen LogP contribution is -2.33. The average molecular weight is 607 g/mol. The van der Waals surface area contributed by atoms with Gasteiger partial charge in [0.05, 0.1) is 25.8 Å². The maximum absolute atomic E-state index is 13.6. The number of likely N-dealkylation sites (N-methyl/N-ethyl adjacent to an activating group) is 2. The smallest absolute Gasteiger partial charge is 0.254 e. The van der Waals surface area contributed by atoms with Crippen molar-refractivity contribution >= 4 is 5.91 Å². The normalized spacial score (nSPS) is 19.7. The van der Waals surface area contributed by atoms with Crippen LogP contribution >= 0.6 is 0 Å². The van der Waals surface area contributed by atoms with E-state index in [1.165, 1.54) is 11.1 Å². The first-order chi connectivity index (χ1) is 21.9. The molecule has 0 aliphatic carbocycles. The molecule has 230 valence electrons. The first-order valence-electron chi connectivity index (χ1n) is 15.2. The molecule has 0 saturated carbocycles. The predicted molar refractivity (Wildman–Crippen MR) is 166 cm³/mol. The summed E-state index contributed by atoms with van der Waals surface area (Å²) in [6, 6.07) is 19.8. The Morgan fingerprint density at radius 1 is 0.756 bits per heavy atom. The molecule has 9 nitrogen and oxygen atoms in total. The highest BCUT2D eigenvalue weighted by Gasteiger charge is 2.42. The Morgan fingerprint density at radius 2 is 1.51 bits per heavy atom. The van der Waals surface area contributed by atoms with E-state index in [9.17, 15) is 4.79 Å². The Kier molecular flexibility index (Phi) is 6.53. The van der Waals surface area contributed by atoms with Gasteiger partial charge in [-0.1, -0.05) is 18.2 Å². The summed E-state index contributed by atoms with van der Waals surface area (Å²) in [7, 11) is 7.29. The molecule has 5 heterocycles. The topological polar surface area (TPSA) is 78.9 Å². The molecule has 4 aromatic carbocycles. The van der Waals surface area contributed by atoms with Crippen LogP contribution in [0.5, 0.6) is 46.0 Å². The second-order valence-corrected chi connectivity index (χ2v) is 12.0. The van der Waals surface area contributed by atoms with Gasteiger partial charge < -0.3 is 33.3 Å². The van der Waals surface area contributed by atoms with Crippen molar-refractivity contribution in [2.24, 2.45) is 0 Å². The van der Waals surface area contributed by atoms with Gasteiger partial charge in [0, 0.05) is 25.2 Å². The summed E-state index contributed by atoms with van der Waals surface area (Å²) in [5.41, 5.74) is 5.89. The number of carbonyl (C=O) groups is 1. The number of ether oxygens (including phenoxy) is 6. The van der Waals surface area contributed by atoms with E-state index in [2.05, 4.69) is 36.2 Å². The molecule has 0 N–H and O–H groups in total. The molecule has 2 atom stereocenters. The van der Waals surface area contributed by atoms with Crippen molar-refractivity contribution in [3.63, 3.8) is 0 Å². The first kappa shape index (κ1) is 27.6. The van der Waals surface area contributed by atoms with E-state index in [4.69, 9.17) is 28.4 Å². The molecule has 45 heavy (non-hydrogen) atoms. The first-order valence-corrected chi connectivity index (χ1v) is 15.2. The highest BCUT2D eigenvalue weighted by Crippen LogP contribution is 2.54. The third-order valence-corrected chi connectivity index (χ3v) is 9.51. The fraction of sp³-hybridized carbons (Fsp3) is 0.306. The summed E-state index contributed by atoms with van der Waals surface area (Å²) in [6.45, 7) is 0.969. The molecule has 9 heteroatoms. The van der Waals surface area contributed by atoms with Crippen molar-refractivity contribution in [2.75, 3.05) is 41.7 Å². The summed E-state index contributed by atoms with van der Waals surface area (Å²) in [5, 5.41) is 0. The van der Waals surface area contributed by atoms with E-state index < -0.39 is 0 Å². The number of fused-ring (bicyclic) bond motifs is 3. The maximum atomic E-state index is 13.6. The third kappa shape index (κ3) is 4.52. The standard InChI is InChI=1S/C36H34N2O7/c1-37-12-11-22-16-29(41-4)31-17-24(22)26(37)14-21-7-10-28(40-3)30(15-21)44-23-8-5-20(6-9-23)13-27-33-25(36(39)38(27)2)18-32-34(35(33)45-31)43-19-42-32/h5-10,15-18,26-27H,11-14,19H2,1-4H3. The molecule has 5 aliphatic heterocycles.